The van der Waals surface area contributed by atoms with Crippen LogP contribution in [-0.4, -0.2) is 50.7 Å². The Hall–Kier alpha value is -0.320. The second-order valence-electron chi connectivity index (χ2n) is 5.63. The summed E-state index contributed by atoms with van der Waals surface area (Å²) < 4.78 is 5.36. The van der Waals surface area contributed by atoms with Crippen LogP contribution in [0.25, 0.3) is 0 Å². The monoisotopic (exact) mass is 290 g/mol. The number of halogens is 1. The van der Waals surface area contributed by atoms with Crippen molar-refractivity contribution in [2.45, 2.75) is 32.1 Å². The van der Waals surface area contributed by atoms with Crippen molar-refractivity contribution in [2.75, 3.05) is 39.9 Å². The average molecular weight is 291 g/mol. The summed E-state index contributed by atoms with van der Waals surface area (Å²) in [6.45, 7) is 4.69. The Morgan fingerprint density at radius 3 is 2.47 bits per heavy atom. The molecule has 0 saturated carbocycles. The van der Waals surface area contributed by atoms with Gasteiger partial charge in [0.15, 0.2) is 0 Å². The molecular weight excluding hydrogens is 264 g/mol. The van der Waals surface area contributed by atoms with Crippen molar-refractivity contribution in [1.82, 2.24) is 10.2 Å². The maximum absolute atomic E-state index is 12.2. The van der Waals surface area contributed by atoms with Gasteiger partial charge >= 0.3 is 0 Å². The highest BCUT2D eigenvalue weighted by molar-refractivity contribution is 5.85. The zero-order chi connectivity index (χ0) is 12.8. The van der Waals surface area contributed by atoms with Crippen LogP contribution in [0.2, 0.25) is 0 Å². The zero-order valence-electron chi connectivity index (χ0n) is 11.9. The van der Waals surface area contributed by atoms with Gasteiger partial charge in [-0.2, -0.15) is 0 Å². The number of hydrogen-bond donors (Lipinski definition) is 1. The predicted octanol–water partition coefficient (Wildman–Crippen LogP) is 1.68. The number of rotatable bonds is 4. The lowest BCUT2D eigenvalue weighted by Gasteiger charge is -2.29. The Labute approximate surface area is 122 Å². The van der Waals surface area contributed by atoms with Crippen LogP contribution >= 0.6 is 12.4 Å². The molecule has 1 N–H and O–H groups in total. The van der Waals surface area contributed by atoms with Gasteiger partial charge in [-0.05, 0) is 51.1 Å². The van der Waals surface area contributed by atoms with Gasteiger partial charge in [-0.25, -0.2) is 0 Å². The van der Waals surface area contributed by atoms with Crippen molar-refractivity contribution < 1.29 is 9.53 Å². The van der Waals surface area contributed by atoms with Gasteiger partial charge in [0.1, 0.15) is 0 Å². The van der Waals surface area contributed by atoms with E-state index in [0.29, 0.717) is 5.91 Å². The Morgan fingerprint density at radius 1 is 1.21 bits per heavy atom. The lowest BCUT2D eigenvalue weighted by Crippen LogP contribution is -2.40. The molecule has 0 bridgehead atoms. The van der Waals surface area contributed by atoms with Crippen molar-refractivity contribution in [1.29, 1.82) is 0 Å². The molecule has 112 valence electrons. The van der Waals surface area contributed by atoms with Crippen LogP contribution in [0.5, 0.6) is 0 Å². The molecule has 2 saturated heterocycles. The SMILES string of the molecule is CN(CCC1CCOCC1)C(=O)C1CCNCC1.Cl. The number of hydrogen-bond acceptors (Lipinski definition) is 3. The standard InChI is InChI=1S/C14H26N2O2.ClH/c1-16(9-4-12-5-10-18-11-6-12)14(17)13-2-7-15-8-3-13;/h12-13,15H,2-11H2,1H3;1H. The topological polar surface area (TPSA) is 41.6 Å². The second kappa shape index (κ2) is 8.77. The second-order valence-corrected chi connectivity index (χ2v) is 5.63. The summed E-state index contributed by atoms with van der Waals surface area (Å²) in [5.41, 5.74) is 0. The minimum absolute atomic E-state index is 0. The van der Waals surface area contributed by atoms with Gasteiger partial charge in [0.05, 0.1) is 0 Å². The van der Waals surface area contributed by atoms with Crippen molar-refractivity contribution in [3.63, 3.8) is 0 Å². The van der Waals surface area contributed by atoms with E-state index in [0.717, 1.165) is 70.9 Å². The van der Waals surface area contributed by atoms with E-state index >= 15 is 0 Å². The summed E-state index contributed by atoms with van der Waals surface area (Å²) in [4.78, 5) is 14.2. The van der Waals surface area contributed by atoms with Crippen LogP contribution in [-0.2, 0) is 9.53 Å². The first kappa shape index (κ1) is 16.7. The minimum atomic E-state index is 0. The largest absolute Gasteiger partial charge is 0.381 e. The van der Waals surface area contributed by atoms with E-state index in [2.05, 4.69) is 5.32 Å². The van der Waals surface area contributed by atoms with Crippen LogP contribution in [0.1, 0.15) is 32.1 Å². The molecular formula is C14H27ClN2O2. The van der Waals surface area contributed by atoms with Crippen LogP contribution in [0, 0.1) is 11.8 Å². The maximum atomic E-state index is 12.2. The molecule has 19 heavy (non-hydrogen) atoms. The van der Waals surface area contributed by atoms with Gasteiger partial charge in [-0.3, -0.25) is 4.79 Å². The van der Waals surface area contributed by atoms with E-state index in [1.807, 2.05) is 11.9 Å². The third kappa shape index (κ3) is 5.28. The third-order valence-corrected chi connectivity index (χ3v) is 4.28. The molecule has 2 fully saturated rings. The van der Waals surface area contributed by atoms with Crippen molar-refractivity contribution in [2.24, 2.45) is 11.8 Å². The van der Waals surface area contributed by atoms with Crippen molar-refractivity contribution in [3.05, 3.63) is 0 Å². The fraction of sp³-hybridized carbons (Fsp3) is 0.929. The van der Waals surface area contributed by atoms with Crippen LogP contribution in [0.4, 0.5) is 0 Å². The molecule has 2 heterocycles. The lowest BCUT2D eigenvalue weighted by atomic mass is 9.94. The van der Waals surface area contributed by atoms with E-state index in [1.165, 1.54) is 0 Å². The molecule has 0 aromatic rings. The molecule has 2 rings (SSSR count). The predicted molar refractivity (Wildman–Crippen MR) is 78.6 cm³/mol. The van der Waals surface area contributed by atoms with E-state index in [9.17, 15) is 4.79 Å². The minimum Gasteiger partial charge on any atom is -0.381 e. The van der Waals surface area contributed by atoms with Gasteiger partial charge in [0, 0.05) is 32.7 Å². The Kier molecular flexibility index (Phi) is 7.73. The van der Waals surface area contributed by atoms with Gasteiger partial charge in [-0.15, -0.1) is 12.4 Å². The summed E-state index contributed by atoms with van der Waals surface area (Å²) >= 11 is 0. The lowest BCUT2D eigenvalue weighted by molar-refractivity contribution is -0.135. The molecule has 0 spiro atoms. The summed E-state index contributed by atoms with van der Waals surface area (Å²) in [6.07, 6.45) is 5.46. The summed E-state index contributed by atoms with van der Waals surface area (Å²) in [7, 11) is 1.96. The first-order valence-electron chi connectivity index (χ1n) is 7.31. The molecule has 4 nitrogen and oxygen atoms in total. The molecule has 0 unspecified atom stereocenters. The molecule has 2 aliphatic heterocycles. The highest BCUT2D eigenvalue weighted by Crippen LogP contribution is 2.20. The molecule has 5 heteroatoms. The third-order valence-electron chi connectivity index (χ3n) is 4.28. The smallest absolute Gasteiger partial charge is 0.225 e. The highest BCUT2D eigenvalue weighted by atomic mass is 35.5. The number of nitrogens with zero attached hydrogens (tertiary/aromatic N) is 1. The van der Waals surface area contributed by atoms with Crippen LogP contribution < -0.4 is 5.32 Å². The molecule has 0 aromatic heterocycles. The Balaban J connectivity index is 0.00000180. The van der Waals surface area contributed by atoms with Gasteiger partial charge in [0.25, 0.3) is 0 Å². The molecule has 0 aromatic carbocycles. The number of ether oxygens (including phenoxy) is 1. The Morgan fingerprint density at radius 2 is 1.84 bits per heavy atom. The molecule has 0 radical (unpaired) electrons. The fourth-order valence-electron chi connectivity index (χ4n) is 2.90. The fourth-order valence-corrected chi connectivity index (χ4v) is 2.90. The van der Waals surface area contributed by atoms with E-state index in [1.54, 1.807) is 0 Å². The summed E-state index contributed by atoms with van der Waals surface area (Å²) in [5, 5.41) is 3.31. The van der Waals surface area contributed by atoms with Crippen LogP contribution in [0.3, 0.4) is 0 Å². The number of nitrogens with one attached hydrogen (secondary N) is 1. The number of piperidine rings is 1. The number of carbonyl (C=O) groups is 1. The number of carbonyl (C=O) groups excluding carboxylic acids is 1. The molecule has 1 amide bonds. The first-order valence-corrected chi connectivity index (χ1v) is 7.31. The van der Waals surface area contributed by atoms with Gasteiger partial charge in [-0.1, -0.05) is 0 Å². The summed E-state index contributed by atoms with van der Waals surface area (Å²) in [6, 6.07) is 0. The first-order chi connectivity index (χ1) is 8.77. The maximum Gasteiger partial charge on any atom is 0.225 e. The van der Waals surface area contributed by atoms with E-state index in [4.69, 9.17) is 4.74 Å². The molecule has 0 atom stereocenters. The quantitative estimate of drug-likeness (QED) is 0.857. The van der Waals surface area contributed by atoms with Gasteiger partial charge in [0.2, 0.25) is 5.91 Å². The van der Waals surface area contributed by atoms with Crippen molar-refractivity contribution in [3.8, 4) is 0 Å². The Bertz CT molecular complexity index is 264. The van der Waals surface area contributed by atoms with E-state index < -0.39 is 0 Å². The highest BCUT2D eigenvalue weighted by Gasteiger charge is 2.24. The zero-order valence-corrected chi connectivity index (χ0v) is 12.7. The van der Waals surface area contributed by atoms with Crippen LogP contribution in [0.15, 0.2) is 0 Å². The van der Waals surface area contributed by atoms with Crippen molar-refractivity contribution >= 4 is 18.3 Å². The van der Waals surface area contributed by atoms with E-state index in [-0.39, 0.29) is 18.3 Å². The normalized spacial score (nSPS) is 21.7. The average Bonchev–Trinajstić information content (AvgIpc) is 2.46. The molecule has 2 aliphatic rings. The molecule has 0 aliphatic carbocycles. The van der Waals surface area contributed by atoms with Gasteiger partial charge < -0.3 is 15.0 Å². The number of amides is 1. The summed E-state index contributed by atoms with van der Waals surface area (Å²) in [5.74, 6) is 1.36.